The molecular formula is C15H12BrN3O2S. The van der Waals surface area contributed by atoms with Gasteiger partial charge in [-0.2, -0.15) is 0 Å². The molecule has 3 aromatic rings. The molecule has 5 nitrogen and oxygen atoms in total. The number of imidazole rings is 1. The Morgan fingerprint density at radius 3 is 2.59 bits per heavy atom. The van der Waals surface area contributed by atoms with Crippen LogP contribution in [-0.2, 0) is 4.79 Å². The van der Waals surface area contributed by atoms with E-state index in [1.54, 1.807) is 0 Å². The predicted molar refractivity (Wildman–Crippen MR) is 90.7 cm³/mol. The summed E-state index contributed by atoms with van der Waals surface area (Å²) in [5.41, 5.74) is 2.43. The van der Waals surface area contributed by atoms with Crippen molar-refractivity contribution in [1.29, 1.82) is 0 Å². The predicted octanol–water partition coefficient (Wildman–Crippen LogP) is 4.52. The molecule has 0 aliphatic rings. The van der Waals surface area contributed by atoms with Crippen molar-refractivity contribution < 1.29 is 9.21 Å². The van der Waals surface area contributed by atoms with E-state index >= 15 is 0 Å². The molecule has 2 heterocycles. The molecule has 1 amide bonds. The number of rotatable bonds is 3. The van der Waals surface area contributed by atoms with Crippen LogP contribution in [0, 0.1) is 4.77 Å². The molecule has 0 aliphatic carbocycles. The van der Waals surface area contributed by atoms with Crippen LogP contribution in [0.2, 0.25) is 0 Å². The van der Waals surface area contributed by atoms with Crippen molar-refractivity contribution in [3.63, 3.8) is 0 Å². The fraction of sp³-hybridized carbons (Fsp3) is 0.0667. The molecule has 0 spiro atoms. The van der Waals surface area contributed by atoms with E-state index in [4.69, 9.17) is 16.6 Å². The average Bonchev–Trinajstić information content (AvgIpc) is 3.05. The second-order valence-corrected chi connectivity index (χ2v) is 5.84. The first kappa shape index (κ1) is 14.8. The van der Waals surface area contributed by atoms with Crippen molar-refractivity contribution in [2.24, 2.45) is 0 Å². The highest BCUT2D eigenvalue weighted by atomic mass is 79.9. The van der Waals surface area contributed by atoms with Gasteiger partial charge in [0.1, 0.15) is 5.69 Å². The highest BCUT2D eigenvalue weighted by Gasteiger charge is 2.08. The number of carbonyl (C=O) groups excluding carboxylic acids is 1. The molecule has 0 aliphatic heterocycles. The first-order valence-electron chi connectivity index (χ1n) is 6.48. The summed E-state index contributed by atoms with van der Waals surface area (Å²) in [5.74, 6) is 0.600. The van der Waals surface area contributed by atoms with E-state index in [-0.39, 0.29) is 5.91 Å². The summed E-state index contributed by atoms with van der Waals surface area (Å²) in [5, 5.41) is 2.73. The number of hydrogen-bond donors (Lipinski definition) is 2. The Morgan fingerprint density at radius 1 is 1.27 bits per heavy atom. The number of amides is 1. The highest BCUT2D eigenvalue weighted by molar-refractivity contribution is 9.10. The second kappa shape index (κ2) is 5.94. The lowest BCUT2D eigenvalue weighted by molar-refractivity contribution is -0.114. The van der Waals surface area contributed by atoms with Crippen molar-refractivity contribution in [1.82, 2.24) is 9.55 Å². The molecule has 0 radical (unpaired) electrons. The van der Waals surface area contributed by atoms with Crippen molar-refractivity contribution >= 4 is 39.7 Å². The van der Waals surface area contributed by atoms with Crippen LogP contribution in [0.5, 0.6) is 0 Å². The van der Waals surface area contributed by atoms with Gasteiger partial charge < -0.3 is 14.7 Å². The maximum atomic E-state index is 11.0. The van der Waals surface area contributed by atoms with Crippen molar-refractivity contribution in [2.75, 3.05) is 5.32 Å². The molecule has 3 rings (SSSR count). The number of H-pyrrole nitrogens is 1. The fourth-order valence-electron chi connectivity index (χ4n) is 2.08. The van der Waals surface area contributed by atoms with Gasteiger partial charge in [0.15, 0.2) is 15.2 Å². The van der Waals surface area contributed by atoms with Crippen LogP contribution in [0.15, 0.2) is 51.7 Å². The van der Waals surface area contributed by atoms with E-state index in [9.17, 15) is 4.79 Å². The third-order valence-corrected chi connectivity index (χ3v) is 3.75. The second-order valence-electron chi connectivity index (χ2n) is 4.67. The summed E-state index contributed by atoms with van der Waals surface area (Å²) >= 11 is 8.63. The number of aromatic amines is 1. The number of furan rings is 1. The summed E-state index contributed by atoms with van der Waals surface area (Å²) in [6.45, 7) is 1.48. The van der Waals surface area contributed by atoms with Gasteiger partial charge in [-0.25, -0.2) is 0 Å². The zero-order valence-corrected chi connectivity index (χ0v) is 14.0. The third-order valence-electron chi connectivity index (χ3n) is 3.02. The number of aromatic nitrogens is 2. The minimum absolute atomic E-state index is 0.100. The summed E-state index contributed by atoms with van der Waals surface area (Å²) < 4.78 is 8.59. The highest BCUT2D eigenvalue weighted by Crippen LogP contribution is 2.25. The van der Waals surface area contributed by atoms with Crippen LogP contribution in [0.3, 0.4) is 0 Å². The van der Waals surface area contributed by atoms with Gasteiger partial charge in [0.25, 0.3) is 0 Å². The van der Waals surface area contributed by atoms with E-state index in [0.29, 0.717) is 15.2 Å². The first-order chi connectivity index (χ1) is 10.5. The number of hydrogen-bond acceptors (Lipinski definition) is 3. The Hall–Kier alpha value is -2.12. The molecular weight excluding hydrogens is 366 g/mol. The van der Waals surface area contributed by atoms with Crippen LogP contribution >= 0.6 is 28.1 Å². The van der Waals surface area contributed by atoms with E-state index in [1.807, 2.05) is 47.2 Å². The third kappa shape index (κ3) is 3.05. The van der Waals surface area contributed by atoms with E-state index in [2.05, 4.69) is 26.2 Å². The zero-order chi connectivity index (χ0) is 15.7. The average molecular weight is 378 g/mol. The van der Waals surface area contributed by atoms with Gasteiger partial charge in [0.2, 0.25) is 5.91 Å². The first-order valence-corrected chi connectivity index (χ1v) is 7.68. The Morgan fingerprint density at radius 2 is 2.00 bits per heavy atom. The summed E-state index contributed by atoms with van der Waals surface area (Å²) in [6, 6.07) is 11.1. The van der Waals surface area contributed by atoms with Crippen LogP contribution in [-0.4, -0.2) is 15.5 Å². The molecule has 1 aromatic carbocycles. The lowest BCUT2D eigenvalue weighted by Crippen LogP contribution is -2.05. The van der Waals surface area contributed by atoms with Gasteiger partial charge in [-0.1, -0.05) is 0 Å². The zero-order valence-electron chi connectivity index (χ0n) is 11.6. The molecule has 2 aromatic heterocycles. The van der Waals surface area contributed by atoms with Gasteiger partial charge >= 0.3 is 0 Å². The van der Waals surface area contributed by atoms with Gasteiger partial charge in [0, 0.05) is 24.5 Å². The number of nitrogens with one attached hydrogen (secondary N) is 2. The van der Waals surface area contributed by atoms with Gasteiger partial charge in [-0.05, 0) is 64.5 Å². The monoisotopic (exact) mass is 377 g/mol. The summed E-state index contributed by atoms with van der Waals surface area (Å²) in [4.78, 5) is 14.1. The van der Waals surface area contributed by atoms with Crippen LogP contribution in [0.4, 0.5) is 5.69 Å². The molecule has 7 heteroatoms. The minimum Gasteiger partial charge on any atom is -0.448 e. The smallest absolute Gasteiger partial charge is 0.221 e. The number of benzene rings is 1. The topological polar surface area (TPSA) is 63.0 Å². The number of halogens is 1. The van der Waals surface area contributed by atoms with E-state index in [1.165, 1.54) is 6.92 Å². The van der Waals surface area contributed by atoms with Crippen molar-refractivity contribution in [3.8, 4) is 17.1 Å². The lowest BCUT2D eigenvalue weighted by atomic mass is 10.2. The molecule has 0 saturated carbocycles. The molecule has 2 N–H and O–H groups in total. The number of carbonyl (C=O) groups is 1. The molecule has 112 valence electrons. The Balaban J connectivity index is 1.93. The Labute approximate surface area is 140 Å². The van der Waals surface area contributed by atoms with Crippen LogP contribution < -0.4 is 5.32 Å². The molecule has 0 saturated heterocycles. The molecule has 0 unspecified atom stereocenters. The summed E-state index contributed by atoms with van der Waals surface area (Å²) in [6.07, 6.45) is 1.88. The SMILES string of the molecule is CC(=O)Nc1ccc(-n2cc(-c3ccc(Br)o3)[nH]c2=S)cc1. The standard InChI is InChI=1S/C15H12BrN3O2S/c1-9(20)17-10-2-4-11(5-3-10)19-8-12(18-15(19)22)13-6-7-14(16)21-13/h2-8H,1H3,(H,17,20)(H,18,22). The van der Waals surface area contributed by atoms with Crippen LogP contribution in [0.1, 0.15) is 6.92 Å². The van der Waals surface area contributed by atoms with Crippen molar-refractivity contribution in [3.05, 3.63) is 52.0 Å². The largest absolute Gasteiger partial charge is 0.448 e. The maximum Gasteiger partial charge on any atom is 0.221 e. The Kier molecular flexibility index (Phi) is 4.00. The van der Waals surface area contributed by atoms with E-state index in [0.717, 1.165) is 17.1 Å². The normalized spacial score (nSPS) is 10.6. The van der Waals surface area contributed by atoms with E-state index < -0.39 is 0 Å². The van der Waals surface area contributed by atoms with Gasteiger partial charge in [-0.15, -0.1) is 0 Å². The maximum absolute atomic E-state index is 11.0. The molecule has 0 fully saturated rings. The summed E-state index contributed by atoms with van der Waals surface area (Å²) in [7, 11) is 0. The fourth-order valence-corrected chi connectivity index (χ4v) is 2.65. The number of anilines is 1. The molecule has 0 bridgehead atoms. The molecule has 0 atom stereocenters. The quantitative estimate of drug-likeness (QED) is 0.659. The Bertz CT molecular complexity index is 877. The minimum atomic E-state index is -0.100. The van der Waals surface area contributed by atoms with Crippen LogP contribution in [0.25, 0.3) is 17.1 Å². The lowest BCUT2D eigenvalue weighted by Gasteiger charge is -2.05. The molecule has 22 heavy (non-hydrogen) atoms. The van der Waals surface area contributed by atoms with Crippen molar-refractivity contribution in [2.45, 2.75) is 6.92 Å². The van der Waals surface area contributed by atoms with Gasteiger partial charge in [0.05, 0.1) is 0 Å². The number of nitrogens with zero attached hydrogens (tertiary/aromatic N) is 1. The van der Waals surface area contributed by atoms with Gasteiger partial charge in [-0.3, -0.25) is 9.36 Å².